The van der Waals surface area contributed by atoms with Crippen LogP contribution in [-0.2, 0) is 0 Å². The second-order valence-electron chi connectivity index (χ2n) is 10.2. The Balaban J connectivity index is 1.45. The van der Waals surface area contributed by atoms with E-state index in [2.05, 4.69) is 38.7 Å². The molecular weight excluding hydrogens is 567 g/mol. The molecule has 8 nitrogen and oxygen atoms in total. The lowest BCUT2D eigenvalue weighted by atomic mass is 10.00. The van der Waals surface area contributed by atoms with Crippen LogP contribution in [0.3, 0.4) is 0 Å². The minimum Gasteiger partial charge on any atom is -0.377 e. The number of hydrogen-bond acceptors (Lipinski definition) is 8. The van der Waals surface area contributed by atoms with E-state index in [0.29, 0.717) is 68.0 Å². The van der Waals surface area contributed by atoms with Gasteiger partial charge in [-0.15, -0.1) is 5.53 Å². The predicted octanol–water partition coefficient (Wildman–Crippen LogP) is 7.35. The molecule has 4 aromatic rings. The topological polar surface area (TPSA) is 112 Å². The molecule has 0 bridgehead atoms. The first kappa shape index (κ1) is 26.4. The van der Waals surface area contributed by atoms with Gasteiger partial charge >= 0.3 is 0 Å². The number of rotatable bonds is 10. The Hall–Kier alpha value is -4.47. The van der Waals surface area contributed by atoms with Crippen molar-refractivity contribution in [3.63, 3.8) is 0 Å². The molecule has 4 N–H and O–H groups in total. The molecule has 2 heterocycles. The Morgan fingerprint density at radius 1 is 1.05 bits per heavy atom. The van der Waals surface area contributed by atoms with Gasteiger partial charge in [0.05, 0.1) is 47.0 Å². The molecule has 0 amide bonds. The summed E-state index contributed by atoms with van der Waals surface area (Å²) in [7, 11) is 0. The number of nitrogens with one attached hydrogen (secondary N) is 4. The number of halogens is 2. The summed E-state index contributed by atoms with van der Waals surface area (Å²) in [5.74, 6) is 0. The minimum atomic E-state index is -1.53. The van der Waals surface area contributed by atoms with Gasteiger partial charge in [0.1, 0.15) is 6.07 Å². The molecule has 3 aromatic carbocycles. The SMILES string of the molecule is [2H][C@](Nc1cc(Cl)c2ncc(C#N)c(NC(CCC#N)c3ccccc3)c2c1)(C1=CN(C2CC2)NN1)c1ccccc1Cl. The number of aromatic nitrogens is 1. The maximum atomic E-state index is 10.1. The zero-order chi connectivity index (χ0) is 30.0. The van der Waals surface area contributed by atoms with E-state index < -0.39 is 6.02 Å². The first-order valence-electron chi connectivity index (χ1n) is 14.2. The van der Waals surface area contributed by atoms with Crippen molar-refractivity contribution < 1.29 is 1.37 Å². The predicted molar refractivity (Wildman–Crippen MR) is 166 cm³/mol. The van der Waals surface area contributed by atoms with Crippen LogP contribution in [0, 0.1) is 22.7 Å². The Morgan fingerprint density at radius 3 is 2.57 bits per heavy atom. The van der Waals surface area contributed by atoms with Crippen LogP contribution in [0.25, 0.3) is 10.9 Å². The highest BCUT2D eigenvalue weighted by atomic mass is 35.5. The first-order chi connectivity index (χ1) is 20.9. The summed E-state index contributed by atoms with van der Waals surface area (Å²) >= 11 is 13.5. The molecule has 2 atom stereocenters. The van der Waals surface area contributed by atoms with Crippen molar-refractivity contribution in [2.45, 2.75) is 43.8 Å². The summed E-state index contributed by atoms with van der Waals surface area (Å²) in [6.45, 7) is 0. The van der Waals surface area contributed by atoms with Gasteiger partial charge in [0.25, 0.3) is 0 Å². The summed E-state index contributed by atoms with van der Waals surface area (Å²) in [5.41, 5.74) is 10.3. The molecule has 1 fully saturated rings. The summed E-state index contributed by atoms with van der Waals surface area (Å²) in [6.07, 6.45) is 6.41. The fourth-order valence-electron chi connectivity index (χ4n) is 5.06. The van der Waals surface area contributed by atoms with Crippen molar-refractivity contribution >= 4 is 45.5 Å². The van der Waals surface area contributed by atoms with Crippen molar-refractivity contribution in [1.29, 1.82) is 10.5 Å². The molecule has 1 aliphatic carbocycles. The van der Waals surface area contributed by atoms with E-state index >= 15 is 0 Å². The molecule has 42 heavy (non-hydrogen) atoms. The van der Waals surface area contributed by atoms with E-state index in [9.17, 15) is 11.9 Å². The molecular formula is C32H28Cl2N8. The zero-order valence-electron chi connectivity index (χ0n) is 23.5. The molecule has 2 aliphatic rings. The van der Waals surface area contributed by atoms with Crippen LogP contribution in [0.2, 0.25) is 10.0 Å². The Morgan fingerprint density at radius 2 is 1.83 bits per heavy atom. The number of anilines is 2. The average molecular weight is 597 g/mol. The fourth-order valence-corrected chi connectivity index (χ4v) is 5.55. The first-order valence-corrected chi connectivity index (χ1v) is 14.4. The van der Waals surface area contributed by atoms with Gasteiger partial charge in [-0.05, 0) is 48.6 Å². The summed E-state index contributed by atoms with van der Waals surface area (Å²) in [6, 6.07) is 23.7. The maximum absolute atomic E-state index is 10.1. The number of hydrazine groups is 2. The zero-order valence-corrected chi connectivity index (χ0v) is 24.0. The van der Waals surface area contributed by atoms with E-state index in [1.165, 1.54) is 6.20 Å². The lowest BCUT2D eigenvalue weighted by Crippen LogP contribution is -2.38. The summed E-state index contributed by atoms with van der Waals surface area (Å²) in [4.78, 5) is 4.50. The summed E-state index contributed by atoms with van der Waals surface area (Å²) < 4.78 is 9.75. The Labute approximate surface area is 255 Å². The molecule has 10 heteroatoms. The van der Waals surface area contributed by atoms with Gasteiger partial charge < -0.3 is 16.1 Å². The number of fused-ring (bicyclic) bond motifs is 1. The highest BCUT2D eigenvalue weighted by Gasteiger charge is 2.33. The molecule has 0 spiro atoms. The minimum absolute atomic E-state index is 0.236. The third-order valence-corrected chi connectivity index (χ3v) is 7.94. The van der Waals surface area contributed by atoms with Crippen molar-refractivity contribution in [3.8, 4) is 12.1 Å². The standard InChI is InChI=1S/C32H28Cl2N8/c33-26-10-5-4-9-24(26)32(29-19-42(41-40-29)23-12-13-23)38-22-15-25-30(21(17-36)18-37-31(25)27(34)16-22)39-28(11-6-14-35)20-7-2-1-3-8-20/h1-5,7-10,15-16,18-19,23,28,32,38,40-41H,6,11-13H2,(H,37,39)/t28?,32-/m1/s1/i32D. The van der Waals surface area contributed by atoms with E-state index in [1.807, 2.05) is 65.8 Å². The van der Waals surface area contributed by atoms with Crippen LogP contribution in [0.4, 0.5) is 11.4 Å². The van der Waals surface area contributed by atoms with Crippen molar-refractivity contribution in [2.75, 3.05) is 10.6 Å². The number of pyridine rings is 1. The molecule has 210 valence electrons. The van der Waals surface area contributed by atoms with Gasteiger partial charge in [-0.3, -0.25) is 9.99 Å². The average Bonchev–Trinajstić information content (AvgIpc) is 3.75. The second kappa shape index (κ2) is 12.2. The Bertz CT molecular complexity index is 1780. The van der Waals surface area contributed by atoms with Crippen LogP contribution in [0.5, 0.6) is 0 Å². The van der Waals surface area contributed by atoms with E-state index in [-0.39, 0.29) is 6.04 Å². The lowest BCUT2D eigenvalue weighted by Gasteiger charge is -2.24. The largest absolute Gasteiger partial charge is 0.377 e. The maximum Gasteiger partial charge on any atom is 0.103 e. The van der Waals surface area contributed by atoms with E-state index in [1.54, 1.807) is 12.1 Å². The van der Waals surface area contributed by atoms with Gasteiger partial charge in [0, 0.05) is 41.0 Å². The van der Waals surface area contributed by atoms with Crippen molar-refractivity contribution in [1.82, 2.24) is 21.0 Å². The third-order valence-electron chi connectivity index (χ3n) is 7.32. The van der Waals surface area contributed by atoms with Gasteiger partial charge in [0.15, 0.2) is 0 Å². The van der Waals surface area contributed by atoms with Crippen LogP contribution >= 0.6 is 23.2 Å². The molecule has 1 saturated carbocycles. The number of nitrogens with zero attached hydrogens (tertiary/aromatic N) is 4. The number of nitriles is 2. The smallest absolute Gasteiger partial charge is 0.103 e. The normalized spacial score (nSPS) is 16.8. The molecule has 0 radical (unpaired) electrons. The lowest BCUT2D eigenvalue weighted by molar-refractivity contribution is 0.260. The van der Waals surface area contributed by atoms with Crippen LogP contribution in [0.1, 0.15) is 55.8 Å². The van der Waals surface area contributed by atoms with E-state index in [0.717, 1.165) is 18.4 Å². The highest BCUT2D eigenvalue weighted by molar-refractivity contribution is 6.36. The number of hydrogen-bond donors (Lipinski definition) is 4. The fraction of sp³-hybridized carbons (Fsp3) is 0.219. The molecule has 1 aromatic heterocycles. The van der Waals surface area contributed by atoms with Gasteiger partial charge in [-0.1, -0.05) is 71.7 Å². The second-order valence-corrected chi connectivity index (χ2v) is 11.0. The molecule has 0 saturated heterocycles. The van der Waals surface area contributed by atoms with Crippen LogP contribution < -0.4 is 21.6 Å². The van der Waals surface area contributed by atoms with Gasteiger partial charge in [-0.2, -0.15) is 10.5 Å². The van der Waals surface area contributed by atoms with Crippen LogP contribution in [0.15, 0.2) is 84.8 Å². The van der Waals surface area contributed by atoms with Crippen molar-refractivity contribution in [2.24, 2.45) is 0 Å². The molecule has 6 rings (SSSR count). The quantitative estimate of drug-likeness (QED) is 0.150. The third kappa shape index (κ3) is 5.79. The monoisotopic (exact) mass is 595 g/mol. The molecule has 1 aliphatic heterocycles. The Kier molecular flexibility index (Phi) is 7.67. The van der Waals surface area contributed by atoms with Gasteiger partial charge in [-0.25, -0.2) is 0 Å². The van der Waals surface area contributed by atoms with Gasteiger partial charge in [0.2, 0.25) is 0 Å². The number of benzene rings is 3. The van der Waals surface area contributed by atoms with Crippen molar-refractivity contribution in [3.05, 3.63) is 112 Å². The highest BCUT2D eigenvalue weighted by Crippen LogP contribution is 2.39. The van der Waals surface area contributed by atoms with Crippen LogP contribution in [-0.4, -0.2) is 16.0 Å². The van der Waals surface area contributed by atoms with E-state index in [4.69, 9.17) is 23.2 Å². The summed E-state index contributed by atoms with van der Waals surface area (Å²) in [5, 5.41) is 29.6. The molecule has 1 unspecified atom stereocenters.